The van der Waals surface area contributed by atoms with E-state index < -0.39 is 0 Å². The maximum atomic E-state index is 14.0. The summed E-state index contributed by atoms with van der Waals surface area (Å²) < 4.78 is 14.8. The molecule has 6 heteroatoms. The van der Waals surface area contributed by atoms with Crippen molar-refractivity contribution in [3.05, 3.63) is 58.9 Å². The molecule has 0 aliphatic rings. The fraction of sp³-hybridized carbons (Fsp3) is 0.333. The minimum atomic E-state index is -0.357. The molecule has 0 unspecified atom stereocenters. The average molecular weight is 386 g/mol. The molecule has 1 amide bonds. The molecule has 2 aromatic carbocycles. The van der Waals surface area contributed by atoms with Gasteiger partial charge in [-0.3, -0.25) is 9.69 Å². The van der Waals surface area contributed by atoms with Crippen LogP contribution in [-0.2, 0) is 11.2 Å². The summed E-state index contributed by atoms with van der Waals surface area (Å²) in [5, 5.41) is 0.547. The molecule has 1 heterocycles. The first kappa shape index (κ1) is 19.5. The lowest BCUT2D eigenvalue weighted by Crippen LogP contribution is -2.37. The van der Waals surface area contributed by atoms with Crippen LogP contribution < -0.4 is 4.90 Å². The molecule has 142 valence electrons. The van der Waals surface area contributed by atoms with Gasteiger partial charge in [0.2, 0.25) is 5.91 Å². The van der Waals surface area contributed by atoms with Gasteiger partial charge >= 0.3 is 0 Å². The number of anilines is 1. The van der Waals surface area contributed by atoms with Crippen molar-refractivity contribution in [1.29, 1.82) is 0 Å². The van der Waals surface area contributed by atoms with E-state index in [1.807, 2.05) is 44.1 Å². The summed E-state index contributed by atoms with van der Waals surface area (Å²) in [5.41, 5.74) is 3.68. The van der Waals surface area contributed by atoms with E-state index in [0.717, 1.165) is 10.3 Å². The summed E-state index contributed by atoms with van der Waals surface area (Å²) in [7, 11) is 3.92. The Bertz CT molecular complexity index is 967. The summed E-state index contributed by atoms with van der Waals surface area (Å²) in [6.45, 7) is 5.32. The Morgan fingerprint density at radius 1 is 1.11 bits per heavy atom. The van der Waals surface area contributed by atoms with E-state index >= 15 is 0 Å². The minimum absolute atomic E-state index is 0.0282. The number of para-hydroxylation sites is 1. The number of aromatic nitrogens is 1. The van der Waals surface area contributed by atoms with E-state index in [1.165, 1.54) is 28.5 Å². The van der Waals surface area contributed by atoms with Gasteiger partial charge in [0.15, 0.2) is 5.13 Å². The van der Waals surface area contributed by atoms with Crippen LogP contribution in [0.2, 0.25) is 0 Å². The molecule has 0 aliphatic heterocycles. The van der Waals surface area contributed by atoms with Crippen LogP contribution in [0.25, 0.3) is 10.2 Å². The van der Waals surface area contributed by atoms with Crippen molar-refractivity contribution in [3.63, 3.8) is 0 Å². The van der Waals surface area contributed by atoms with Gasteiger partial charge in [-0.1, -0.05) is 35.6 Å². The number of hydrogen-bond donors (Lipinski definition) is 0. The number of hydrogen-bond acceptors (Lipinski definition) is 4. The van der Waals surface area contributed by atoms with Gasteiger partial charge in [0, 0.05) is 13.1 Å². The maximum absolute atomic E-state index is 14.0. The van der Waals surface area contributed by atoms with Crippen molar-refractivity contribution in [2.45, 2.75) is 20.3 Å². The molecule has 3 rings (SSSR count). The van der Waals surface area contributed by atoms with E-state index in [2.05, 4.69) is 18.0 Å². The first-order valence-corrected chi connectivity index (χ1v) is 9.73. The van der Waals surface area contributed by atoms with Crippen LogP contribution in [0.4, 0.5) is 9.52 Å². The van der Waals surface area contributed by atoms with Crippen LogP contribution in [-0.4, -0.2) is 43.0 Å². The third-order valence-electron chi connectivity index (χ3n) is 4.59. The highest BCUT2D eigenvalue weighted by Crippen LogP contribution is 2.30. The monoisotopic (exact) mass is 385 g/mol. The molecule has 0 bridgehead atoms. The molecule has 0 aliphatic carbocycles. The highest BCUT2D eigenvalue weighted by Gasteiger charge is 2.21. The molecule has 0 atom stereocenters. The van der Waals surface area contributed by atoms with Gasteiger partial charge < -0.3 is 4.90 Å². The number of halogens is 1. The summed E-state index contributed by atoms with van der Waals surface area (Å²) in [6, 6.07) is 11.0. The Balaban J connectivity index is 1.90. The zero-order chi connectivity index (χ0) is 19.6. The van der Waals surface area contributed by atoms with Crippen LogP contribution in [0.5, 0.6) is 0 Å². The second kappa shape index (κ2) is 8.15. The predicted octanol–water partition coefficient (Wildman–Crippen LogP) is 4.19. The molecule has 0 fully saturated rings. The van der Waals surface area contributed by atoms with Gasteiger partial charge in [0.1, 0.15) is 11.3 Å². The SMILES string of the molecule is Cc1ccc(CC(=O)N(CCN(C)C)c2nc3c(F)cccc3s2)cc1C. The van der Waals surface area contributed by atoms with Crippen LogP contribution in [0, 0.1) is 19.7 Å². The number of amides is 1. The molecule has 0 spiro atoms. The fourth-order valence-corrected chi connectivity index (χ4v) is 3.85. The first-order valence-electron chi connectivity index (χ1n) is 8.91. The molecular weight excluding hydrogens is 361 g/mol. The van der Waals surface area contributed by atoms with Crippen molar-refractivity contribution >= 4 is 32.6 Å². The van der Waals surface area contributed by atoms with Crippen LogP contribution in [0.1, 0.15) is 16.7 Å². The second-order valence-electron chi connectivity index (χ2n) is 7.03. The molecule has 0 saturated carbocycles. The number of benzene rings is 2. The Morgan fingerprint density at radius 2 is 1.89 bits per heavy atom. The Kier molecular flexibility index (Phi) is 5.87. The summed E-state index contributed by atoms with van der Waals surface area (Å²) >= 11 is 1.35. The number of rotatable bonds is 6. The van der Waals surface area contributed by atoms with Crippen molar-refractivity contribution in [2.24, 2.45) is 0 Å². The Morgan fingerprint density at radius 3 is 2.56 bits per heavy atom. The van der Waals surface area contributed by atoms with Gasteiger partial charge in [-0.25, -0.2) is 9.37 Å². The van der Waals surface area contributed by atoms with Crippen LogP contribution in [0.3, 0.4) is 0 Å². The third-order valence-corrected chi connectivity index (χ3v) is 5.63. The Labute approximate surface area is 163 Å². The number of aryl methyl sites for hydroxylation is 2. The van der Waals surface area contributed by atoms with E-state index in [0.29, 0.717) is 30.2 Å². The Hall–Kier alpha value is -2.31. The molecule has 4 nitrogen and oxygen atoms in total. The van der Waals surface area contributed by atoms with E-state index in [4.69, 9.17) is 0 Å². The van der Waals surface area contributed by atoms with Gasteiger partial charge in [0.05, 0.1) is 11.1 Å². The van der Waals surface area contributed by atoms with E-state index in [-0.39, 0.29) is 11.7 Å². The molecular formula is C21H24FN3OS. The average Bonchev–Trinajstić information content (AvgIpc) is 3.03. The normalized spacial score (nSPS) is 11.3. The van der Waals surface area contributed by atoms with Crippen molar-refractivity contribution in [3.8, 4) is 0 Å². The zero-order valence-electron chi connectivity index (χ0n) is 16.1. The molecule has 27 heavy (non-hydrogen) atoms. The lowest BCUT2D eigenvalue weighted by Gasteiger charge is -2.22. The summed E-state index contributed by atoms with van der Waals surface area (Å²) in [6.07, 6.45) is 0.299. The van der Waals surface area contributed by atoms with E-state index in [9.17, 15) is 9.18 Å². The molecule has 0 radical (unpaired) electrons. The number of thiazole rings is 1. The van der Waals surface area contributed by atoms with Gasteiger partial charge in [-0.15, -0.1) is 0 Å². The number of carbonyl (C=O) groups is 1. The molecule has 3 aromatic rings. The zero-order valence-corrected chi connectivity index (χ0v) is 16.9. The van der Waals surface area contributed by atoms with Crippen molar-refractivity contribution < 1.29 is 9.18 Å². The lowest BCUT2D eigenvalue weighted by molar-refractivity contribution is -0.118. The standard InChI is InChI=1S/C21H24FN3OS/c1-14-8-9-16(12-15(14)2)13-19(26)25(11-10-24(3)4)21-23-20-17(22)6-5-7-18(20)27-21/h5-9,12H,10-11,13H2,1-4H3. The number of nitrogens with zero attached hydrogens (tertiary/aromatic N) is 3. The van der Waals surface area contributed by atoms with Crippen molar-refractivity contribution in [2.75, 3.05) is 32.1 Å². The second-order valence-corrected chi connectivity index (χ2v) is 8.04. The molecule has 0 saturated heterocycles. The van der Waals surface area contributed by atoms with Gasteiger partial charge in [0.25, 0.3) is 0 Å². The smallest absolute Gasteiger partial charge is 0.233 e. The highest BCUT2D eigenvalue weighted by molar-refractivity contribution is 7.22. The number of carbonyl (C=O) groups excluding carboxylic acids is 1. The number of likely N-dealkylation sites (N-methyl/N-ethyl adjacent to an activating group) is 1. The van der Waals surface area contributed by atoms with Gasteiger partial charge in [-0.2, -0.15) is 0 Å². The largest absolute Gasteiger partial charge is 0.308 e. The van der Waals surface area contributed by atoms with Crippen LogP contribution in [0.15, 0.2) is 36.4 Å². The third kappa shape index (κ3) is 4.51. The molecule has 0 N–H and O–H groups in total. The summed E-state index contributed by atoms with van der Waals surface area (Å²) in [5.74, 6) is -0.385. The summed E-state index contributed by atoms with van der Waals surface area (Å²) in [4.78, 5) is 21.2. The molecule has 1 aromatic heterocycles. The number of fused-ring (bicyclic) bond motifs is 1. The quantitative estimate of drug-likeness (QED) is 0.638. The first-order chi connectivity index (χ1) is 12.8. The topological polar surface area (TPSA) is 36.4 Å². The van der Waals surface area contributed by atoms with Crippen LogP contribution >= 0.6 is 11.3 Å². The lowest BCUT2D eigenvalue weighted by atomic mass is 10.0. The maximum Gasteiger partial charge on any atom is 0.233 e. The van der Waals surface area contributed by atoms with Gasteiger partial charge in [-0.05, 0) is 56.8 Å². The van der Waals surface area contributed by atoms with Crippen molar-refractivity contribution in [1.82, 2.24) is 9.88 Å². The highest BCUT2D eigenvalue weighted by atomic mass is 32.1. The minimum Gasteiger partial charge on any atom is -0.308 e. The van der Waals surface area contributed by atoms with E-state index in [1.54, 1.807) is 11.0 Å². The fourth-order valence-electron chi connectivity index (χ4n) is 2.83. The predicted molar refractivity (Wildman–Crippen MR) is 110 cm³/mol.